The number of nitrogens with zero attached hydrogens (tertiary/aromatic N) is 4. The number of anilines is 1. The van der Waals surface area contributed by atoms with Crippen LogP contribution in [0.4, 0.5) is 5.82 Å². The van der Waals surface area contributed by atoms with Crippen molar-refractivity contribution in [2.75, 3.05) is 18.5 Å². The SMILES string of the molecule is O=C(N[C@@H]1[C@H](O)[C@@H](CO)O[C@H]1n1cnc2c(NCCC3=CCCCC3)ncnc21)C1=CC=C(Cl)C(O)C1O. The Morgan fingerprint density at radius 2 is 2.00 bits per heavy atom. The van der Waals surface area contributed by atoms with E-state index >= 15 is 0 Å². The molecular formula is C25H31ClN6O6. The van der Waals surface area contributed by atoms with E-state index in [1.807, 2.05) is 0 Å². The summed E-state index contributed by atoms with van der Waals surface area (Å²) in [6.07, 6.45) is 7.18. The van der Waals surface area contributed by atoms with Gasteiger partial charge in [-0.3, -0.25) is 9.36 Å². The first-order valence-corrected chi connectivity index (χ1v) is 13.0. The summed E-state index contributed by atoms with van der Waals surface area (Å²) in [5, 5.41) is 46.9. The van der Waals surface area contributed by atoms with Crippen molar-refractivity contribution in [3.63, 3.8) is 0 Å². The van der Waals surface area contributed by atoms with E-state index in [9.17, 15) is 25.2 Å². The molecule has 2 aromatic heterocycles. The first kappa shape index (κ1) is 26.7. The summed E-state index contributed by atoms with van der Waals surface area (Å²) >= 11 is 5.85. The number of hydrogen-bond donors (Lipinski definition) is 6. The molecule has 6 N–H and O–H groups in total. The Kier molecular flexibility index (Phi) is 8.07. The third-order valence-electron chi connectivity index (χ3n) is 7.19. The predicted molar refractivity (Wildman–Crippen MR) is 138 cm³/mol. The van der Waals surface area contributed by atoms with Crippen LogP contribution in [0.2, 0.25) is 0 Å². The minimum absolute atomic E-state index is 0.000884. The Bertz CT molecular complexity index is 1280. The van der Waals surface area contributed by atoms with Crippen LogP contribution in [-0.4, -0.2) is 89.5 Å². The van der Waals surface area contributed by atoms with Crippen molar-refractivity contribution in [1.82, 2.24) is 24.8 Å². The molecule has 2 unspecified atom stereocenters. The molecule has 1 aliphatic heterocycles. The number of nitrogens with one attached hydrogen (secondary N) is 2. The lowest BCUT2D eigenvalue weighted by Gasteiger charge is -2.27. The molecule has 3 heterocycles. The second kappa shape index (κ2) is 11.5. The molecule has 1 saturated heterocycles. The minimum atomic E-state index is -1.54. The maximum absolute atomic E-state index is 13.0. The molecule has 6 atom stereocenters. The summed E-state index contributed by atoms with van der Waals surface area (Å²) in [6.45, 7) is 0.202. The Balaban J connectivity index is 1.36. The molecule has 0 spiro atoms. The van der Waals surface area contributed by atoms with Crippen LogP contribution in [0.5, 0.6) is 0 Å². The van der Waals surface area contributed by atoms with E-state index in [1.54, 1.807) is 4.57 Å². The van der Waals surface area contributed by atoms with Gasteiger partial charge in [-0.1, -0.05) is 23.3 Å². The fraction of sp³-hybridized carbons (Fsp3) is 0.520. The summed E-state index contributed by atoms with van der Waals surface area (Å²) < 4.78 is 7.46. The number of carbonyl (C=O) groups is 1. The minimum Gasteiger partial charge on any atom is -0.394 e. The number of rotatable bonds is 8. The van der Waals surface area contributed by atoms with Crippen LogP contribution in [0.15, 0.2) is 47.1 Å². The standard InChI is InChI=1S/C25H31ClN6O6/c26-15-7-6-14(19(34)20(15)35)24(37)31-17-21(36)16(10-33)38-25(17)32-12-30-18-22(28-11-29-23(18)32)27-9-8-13-4-2-1-3-5-13/h4,6-7,11-12,16-17,19-21,25,33-36H,1-3,5,8-10H2,(H,31,37)(H,27,28,29)/t16-,17-,19?,20?,21-,25-/m1/s1. The van der Waals surface area contributed by atoms with Gasteiger partial charge in [0.15, 0.2) is 23.2 Å². The van der Waals surface area contributed by atoms with Crippen LogP contribution in [0.1, 0.15) is 38.3 Å². The zero-order valence-corrected chi connectivity index (χ0v) is 21.3. The smallest absolute Gasteiger partial charge is 0.250 e. The van der Waals surface area contributed by atoms with Crippen LogP contribution in [0, 0.1) is 0 Å². The van der Waals surface area contributed by atoms with Crippen molar-refractivity contribution < 1.29 is 30.0 Å². The van der Waals surface area contributed by atoms with E-state index in [2.05, 4.69) is 31.7 Å². The van der Waals surface area contributed by atoms with E-state index in [1.165, 1.54) is 43.2 Å². The molecule has 2 aliphatic carbocycles. The van der Waals surface area contributed by atoms with Crippen molar-refractivity contribution in [1.29, 1.82) is 0 Å². The third kappa shape index (κ3) is 5.20. The second-order valence-corrected chi connectivity index (χ2v) is 10.1. The normalized spacial score (nSPS) is 29.6. The van der Waals surface area contributed by atoms with Crippen molar-refractivity contribution in [3.8, 4) is 0 Å². The van der Waals surface area contributed by atoms with E-state index in [-0.39, 0.29) is 10.6 Å². The molecule has 0 saturated carbocycles. The second-order valence-electron chi connectivity index (χ2n) is 9.63. The first-order valence-electron chi connectivity index (χ1n) is 12.7. The number of ether oxygens (including phenoxy) is 1. The van der Waals surface area contributed by atoms with Crippen LogP contribution in [0.3, 0.4) is 0 Å². The van der Waals surface area contributed by atoms with Crippen molar-refractivity contribution in [2.45, 2.75) is 68.8 Å². The summed E-state index contributed by atoms with van der Waals surface area (Å²) in [4.78, 5) is 26.2. The number of fused-ring (bicyclic) bond motifs is 1. The molecule has 204 valence electrons. The first-order chi connectivity index (χ1) is 18.4. The average Bonchev–Trinajstić information content (AvgIpc) is 3.49. The Morgan fingerprint density at radius 1 is 1.16 bits per heavy atom. The van der Waals surface area contributed by atoms with Gasteiger partial charge in [-0.05, 0) is 44.3 Å². The zero-order valence-electron chi connectivity index (χ0n) is 20.6. The largest absolute Gasteiger partial charge is 0.394 e. The molecule has 0 radical (unpaired) electrons. The van der Waals surface area contributed by atoms with Crippen molar-refractivity contribution >= 4 is 34.5 Å². The molecule has 5 rings (SSSR count). The van der Waals surface area contributed by atoms with Gasteiger partial charge in [0.2, 0.25) is 5.91 Å². The lowest BCUT2D eigenvalue weighted by atomic mass is 9.97. The van der Waals surface area contributed by atoms with E-state index in [0.29, 0.717) is 23.5 Å². The van der Waals surface area contributed by atoms with E-state index < -0.39 is 49.2 Å². The summed E-state index contributed by atoms with van der Waals surface area (Å²) in [5.41, 5.74) is 2.22. The zero-order chi connectivity index (χ0) is 26.8. The number of aliphatic hydroxyl groups excluding tert-OH is 4. The molecular weight excluding hydrogens is 516 g/mol. The highest BCUT2D eigenvalue weighted by Crippen LogP contribution is 2.33. The van der Waals surface area contributed by atoms with E-state index in [4.69, 9.17) is 16.3 Å². The highest BCUT2D eigenvalue weighted by Gasteiger charge is 2.46. The van der Waals surface area contributed by atoms with E-state index in [0.717, 1.165) is 19.3 Å². The summed E-state index contributed by atoms with van der Waals surface area (Å²) in [5.74, 6) is -0.178. The highest BCUT2D eigenvalue weighted by molar-refractivity contribution is 6.30. The fourth-order valence-electron chi connectivity index (χ4n) is 5.06. The monoisotopic (exact) mass is 546 g/mol. The van der Waals surface area contributed by atoms with Gasteiger partial charge in [-0.2, -0.15) is 0 Å². The number of imidazole rings is 1. The number of aliphatic hydroxyl groups is 4. The number of allylic oxidation sites excluding steroid dienone is 3. The molecule has 13 heteroatoms. The van der Waals surface area contributed by atoms with Gasteiger partial charge in [0.1, 0.15) is 36.8 Å². The average molecular weight is 547 g/mol. The maximum Gasteiger partial charge on any atom is 0.250 e. The van der Waals surface area contributed by atoms with Crippen LogP contribution in [-0.2, 0) is 9.53 Å². The number of aromatic nitrogens is 4. The Labute approximate surface area is 223 Å². The molecule has 38 heavy (non-hydrogen) atoms. The third-order valence-corrected chi connectivity index (χ3v) is 7.54. The molecule has 3 aliphatic rings. The molecule has 12 nitrogen and oxygen atoms in total. The molecule has 1 amide bonds. The van der Waals surface area contributed by atoms with Gasteiger partial charge < -0.3 is 35.8 Å². The van der Waals surface area contributed by atoms with Crippen molar-refractivity contribution in [2.24, 2.45) is 0 Å². The topological polar surface area (TPSA) is 175 Å². The lowest BCUT2D eigenvalue weighted by Crippen LogP contribution is -2.49. The number of carbonyl (C=O) groups excluding carboxylic acids is 1. The fourth-order valence-corrected chi connectivity index (χ4v) is 5.25. The Hall–Kier alpha value is -2.87. The quantitative estimate of drug-likeness (QED) is 0.258. The van der Waals surface area contributed by atoms with Gasteiger partial charge in [0.05, 0.1) is 12.9 Å². The maximum atomic E-state index is 13.0. The molecule has 0 bridgehead atoms. The van der Waals surface area contributed by atoms with Crippen LogP contribution < -0.4 is 10.6 Å². The summed E-state index contributed by atoms with van der Waals surface area (Å²) in [7, 11) is 0. The van der Waals surface area contributed by atoms with Gasteiger partial charge in [0.25, 0.3) is 0 Å². The number of hydrogen-bond acceptors (Lipinski definition) is 10. The van der Waals surface area contributed by atoms with Gasteiger partial charge in [-0.25, -0.2) is 15.0 Å². The van der Waals surface area contributed by atoms with Gasteiger partial charge >= 0.3 is 0 Å². The lowest BCUT2D eigenvalue weighted by molar-refractivity contribution is -0.121. The number of amides is 1. The van der Waals surface area contributed by atoms with Crippen LogP contribution in [0.25, 0.3) is 11.2 Å². The molecule has 1 fully saturated rings. The molecule has 0 aromatic carbocycles. The molecule has 2 aromatic rings. The number of halogens is 1. The predicted octanol–water partition coefficient (Wildman–Crippen LogP) is 0.649. The van der Waals surface area contributed by atoms with Gasteiger partial charge in [-0.15, -0.1) is 0 Å². The van der Waals surface area contributed by atoms with Gasteiger partial charge in [0, 0.05) is 17.2 Å². The van der Waals surface area contributed by atoms with Crippen LogP contribution >= 0.6 is 11.6 Å². The highest BCUT2D eigenvalue weighted by atomic mass is 35.5. The Morgan fingerprint density at radius 3 is 2.76 bits per heavy atom. The summed E-state index contributed by atoms with van der Waals surface area (Å²) in [6, 6.07) is -1.03. The van der Waals surface area contributed by atoms with Crippen molar-refractivity contribution in [3.05, 3.63) is 47.1 Å².